The van der Waals surface area contributed by atoms with Crippen molar-refractivity contribution in [3.8, 4) is 0 Å². The summed E-state index contributed by atoms with van der Waals surface area (Å²) in [6.07, 6.45) is 1.23. The zero-order chi connectivity index (χ0) is 12.9. The summed E-state index contributed by atoms with van der Waals surface area (Å²) in [7, 11) is 0. The van der Waals surface area contributed by atoms with E-state index in [2.05, 4.69) is 36.2 Å². The number of hydrogen-bond donors (Lipinski definition) is 2. The van der Waals surface area contributed by atoms with E-state index in [-0.39, 0.29) is 5.91 Å². The fraction of sp³-hybridized carbons (Fsp3) is 0.500. The maximum Gasteiger partial charge on any atom is 0.245 e. The Balaban J connectivity index is 1.92. The molecule has 0 bridgehead atoms. The molecule has 4 nitrogen and oxygen atoms in total. The second-order valence-electron chi connectivity index (χ2n) is 5.58. The molecular weight excluding hydrogens is 226 g/mol. The Kier molecular flexibility index (Phi) is 2.55. The SMILES string of the molecule is CC1CC(C)N(c2ccc3c(c2)NC(=O)C3N)C1. The number of carbonyl (C=O) groups is 1. The van der Waals surface area contributed by atoms with Crippen LogP contribution in [0.4, 0.5) is 11.4 Å². The quantitative estimate of drug-likeness (QED) is 0.794. The van der Waals surface area contributed by atoms with E-state index in [1.165, 1.54) is 12.1 Å². The second-order valence-corrected chi connectivity index (χ2v) is 5.58. The van der Waals surface area contributed by atoms with Gasteiger partial charge in [-0.25, -0.2) is 0 Å². The normalized spacial score (nSPS) is 30.5. The van der Waals surface area contributed by atoms with Crippen LogP contribution in [-0.2, 0) is 4.79 Å². The lowest BCUT2D eigenvalue weighted by Crippen LogP contribution is -2.26. The third-order valence-corrected chi connectivity index (χ3v) is 4.03. The molecular formula is C14H19N3O. The number of fused-ring (bicyclic) bond motifs is 1. The van der Waals surface area contributed by atoms with Gasteiger partial charge in [-0.1, -0.05) is 13.0 Å². The highest BCUT2D eigenvalue weighted by Gasteiger charge is 2.30. The summed E-state index contributed by atoms with van der Waals surface area (Å²) >= 11 is 0. The molecule has 3 N–H and O–H groups in total. The molecule has 0 saturated carbocycles. The second kappa shape index (κ2) is 3.99. The molecule has 3 atom stereocenters. The van der Waals surface area contributed by atoms with Gasteiger partial charge in [0.15, 0.2) is 0 Å². The average Bonchev–Trinajstić information content (AvgIpc) is 2.80. The van der Waals surface area contributed by atoms with Crippen molar-refractivity contribution in [2.24, 2.45) is 11.7 Å². The van der Waals surface area contributed by atoms with Gasteiger partial charge in [0.1, 0.15) is 6.04 Å². The molecule has 1 aromatic carbocycles. The van der Waals surface area contributed by atoms with E-state index in [0.29, 0.717) is 6.04 Å². The summed E-state index contributed by atoms with van der Waals surface area (Å²) in [5.41, 5.74) is 8.78. The number of amides is 1. The molecule has 1 fully saturated rings. The predicted molar refractivity (Wildman–Crippen MR) is 72.6 cm³/mol. The molecule has 0 aliphatic carbocycles. The highest BCUT2D eigenvalue weighted by atomic mass is 16.2. The third kappa shape index (κ3) is 1.68. The Bertz CT molecular complexity index is 500. The van der Waals surface area contributed by atoms with E-state index in [1.807, 2.05) is 6.07 Å². The van der Waals surface area contributed by atoms with Crippen molar-refractivity contribution in [2.75, 3.05) is 16.8 Å². The van der Waals surface area contributed by atoms with Gasteiger partial charge in [0.25, 0.3) is 0 Å². The Morgan fingerprint density at radius 2 is 2.17 bits per heavy atom. The number of benzene rings is 1. The van der Waals surface area contributed by atoms with Crippen LogP contribution in [0.5, 0.6) is 0 Å². The maximum atomic E-state index is 11.5. The maximum absolute atomic E-state index is 11.5. The average molecular weight is 245 g/mol. The highest BCUT2D eigenvalue weighted by Crippen LogP contribution is 2.35. The van der Waals surface area contributed by atoms with Crippen LogP contribution in [-0.4, -0.2) is 18.5 Å². The topological polar surface area (TPSA) is 58.4 Å². The van der Waals surface area contributed by atoms with Crippen molar-refractivity contribution in [2.45, 2.75) is 32.4 Å². The predicted octanol–water partition coefficient (Wildman–Crippen LogP) is 1.87. The van der Waals surface area contributed by atoms with Crippen molar-refractivity contribution >= 4 is 17.3 Å². The number of nitrogens with one attached hydrogen (secondary N) is 1. The van der Waals surface area contributed by atoms with Gasteiger partial charge in [0, 0.05) is 29.5 Å². The van der Waals surface area contributed by atoms with Crippen molar-refractivity contribution in [3.05, 3.63) is 23.8 Å². The van der Waals surface area contributed by atoms with E-state index in [4.69, 9.17) is 5.73 Å². The molecule has 4 heteroatoms. The van der Waals surface area contributed by atoms with Gasteiger partial charge >= 0.3 is 0 Å². The molecule has 3 unspecified atom stereocenters. The van der Waals surface area contributed by atoms with Crippen LogP contribution in [0, 0.1) is 5.92 Å². The van der Waals surface area contributed by atoms with Crippen LogP contribution in [0.25, 0.3) is 0 Å². The van der Waals surface area contributed by atoms with Crippen LogP contribution in [0.2, 0.25) is 0 Å². The fourth-order valence-corrected chi connectivity index (χ4v) is 3.11. The van der Waals surface area contributed by atoms with E-state index in [9.17, 15) is 4.79 Å². The van der Waals surface area contributed by atoms with Gasteiger partial charge in [0.2, 0.25) is 5.91 Å². The first kappa shape index (κ1) is 11.5. The lowest BCUT2D eigenvalue weighted by atomic mass is 10.1. The van der Waals surface area contributed by atoms with Crippen molar-refractivity contribution in [1.29, 1.82) is 0 Å². The molecule has 0 radical (unpaired) electrons. The zero-order valence-corrected chi connectivity index (χ0v) is 10.8. The van der Waals surface area contributed by atoms with Gasteiger partial charge < -0.3 is 16.0 Å². The van der Waals surface area contributed by atoms with E-state index < -0.39 is 6.04 Å². The minimum atomic E-state index is -0.510. The van der Waals surface area contributed by atoms with Gasteiger partial charge in [-0.15, -0.1) is 0 Å². The molecule has 1 saturated heterocycles. The molecule has 1 amide bonds. The Morgan fingerprint density at radius 3 is 2.83 bits per heavy atom. The summed E-state index contributed by atoms with van der Waals surface area (Å²) in [5, 5.41) is 2.85. The summed E-state index contributed by atoms with van der Waals surface area (Å²) in [6, 6.07) is 6.15. The number of carbonyl (C=O) groups excluding carboxylic acids is 1. The molecule has 18 heavy (non-hydrogen) atoms. The molecule has 2 heterocycles. The van der Waals surface area contributed by atoms with Gasteiger partial charge in [-0.05, 0) is 31.4 Å². The van der Waals surface area contributed by atoms with Crippen LogP contribution in [0.3, 0.4) is 0 Å². The van der Waals surface area contributed by atoms with Gasteiger partial charge in [-0.2, -0.15) is 0 Å². The number of rotatable bonds is 1. The summed E-state index contributed by atoms with van der Waals surface area (Å²) < 4.78 is 0. The van der Waals surface area contributed by atoms with Gasteiger partial charge in [0.05, 0.1) is 0 Å². The zero-order valence-electron chi connectivity index (χ0n) is 10.8. The van der Waals surface area contributed by atoms with Crippen molar-refractivity contribution in [3.63, 3.8) is 0 Å². The van der Waals surface area contributed by atoms with E-state index in [0.717, 1.165) is 23.7 Å². The van der Waals surface area contributed by atoms with Crippen LogP contribution < -0.4 is 16.0 Å². The molecule has 0 aromatic heterocycles. The lowest BCUT2D eigenvalue weighted by Gasteiger charge is -2.24. The smallest absolute Gasteiger partial charge is 0.245 e. The van der Waals surface area contributed by atoms with Crippen LogP contribution >= 0.6 is 0 Å². The largest absolute Gasteiger partial charge is 0.368 e. The number of hydrogen-bond acceptors (Lipinski definition) is 3. The van der Waals surface area contributed by atoms with Crippen LogP contribution in [0.1, 0.15) is 31.9 Å². The monoisotopic (exact) mass is 245 g/mol. The number of nitrogens with two attached hydrogens (primary N) is 1. The van der Waals surface area contributed by atoms with Gasteiger partial charge in [-0.3, -0.25) is 4.79 Å². The number of nitrogens with zero attached hydrogens (tertiary/aromatic N) is 1. The molecule has 2 aliphatic heterocycles. The number of anilines is 2. The highest BCUT2D eigenvalue weighted by molar-refractivity contribution is 6.02. The molecule has 0 spiro atoms. The first-order valence-electron chi connectivity index (χ1n) is 6.53. The molecule has 2 aliphatic rings. The fourth-order valence-electron chi connectivity index (χ4n) is 3.11. The van der Waals surface area contributed by atoms with Crippen molar-refractivity contribution < 1.29 is 4.79 Å². The van der Waals surface area contributed by atoms with Crippen molar-refractivity contribution in [1.82, 2.24) is 0 Å². The Hall–Kier alpha value is -1.55. The Labute approximate surface area is 107 Å². The van der Waals surface area contributed by atoms with E-state index in [1.54, 1.807) is 0 Å². The first-order valence-corrected chi connectivity index (χ1v) is 6.53. The summed E-state index contributed by atoms with van der Waals surface area (Å²) in [5.74, 6) is 0.620. The summed E-state index contributed by atoms with van der Waals surface area (Å²) in [6.45, 7) is 5.61. The lowest BCUT2D eigenvalue weighted by molar-refractivity contribution is -0.116. The molecule has 1 aromatic rings. The minimum Gasteiger partial charge on any atom is -0.368 e. The van der Waals surface area contributed by atoms with E-state index >= 15 is 0 Å². The standard InChI is InChI=1S/C14H19N3O/c1-8-5-9(2)17(7-8)10-3-4-11-12(6-10)16-14(18)13(11)15/h3-4,6,8-9,13H,5,7,15H2,1-2H3,(H,16,18). The minimum absolute atomic E-state index is 0.106. The third-order valence-electron chi connectivity index (χ3n) is 4.03. The van der Waals surface area contributed by atoms with Crippen LogP contribution in [0.15, 0.2) is 18.2 Å². The Morgan fingerprint density at radius 1 is 1.39 bits per heavy atom. The summed E-state index contributed by atoms with van der Waals surface area (Å²) in [4.78, 5) is 13.9. The first-order chi connectivity index (χ1) is 8.56. The molecule has 96 valence electrons. The molecule has 3 rings (SSSR count).